The molecule has 1 aliphatic heterocycles. The monoisotopic (exact) mass is 335 g/mol. The standard InChI is InChI=1S/C18H22ClNO3/c19-15-5-1-4-14(11-15)18(8-9-18)17(23)20-10-2-3-13(12-20)6-7-16(21)22/h1,4-5,11,13H,2-3,6-10,12H2,(H,21,22). The Morgan fingerprint density at radius 2 is 2.13 bits per heavy atom. The second kappa shape index (κ2) is 6.52. The lowest BCUT2D eigenvalue weighted by Crippen LogP contribution is -2.45. The van der Waals surface area contributed by atoms with Gasteiger partial charge in [-0.15, -0.1) is 0 Å². The number of carboxylic acid groups (broad SMARTS) is 1. The summed E-state index contributed by atoms with van der Waals surface area (Å²) in [6, 6.07) is 7.62. The van der Waals surface area contributed by atoms with Crippen LogP contribution in [0.4, 0.5) is 0 Å². The molecule has 1 unspecified atom stereocenters. The molecule has 5 heteroatoms. The molecule has 1 heterocycles. The molecule has 2 aliphatic rings. The number of piperidine rings is 1. The highest BCUT2D eigenvalue weighted by molar-refractivity contribution is 6.30. The van der Waals surface area contributed by atoms with E-state index in [2.05, 4.69) is 0 Å². The van der Waals surface area contributed by atoms with Crippen LogP contribution in [0.2, 0.25) is 5.02 Å². The third-order valence-electron chi connectivity index (χ3n) is 5.11. The van der Waals surface area contributed by atoms with Gasteiger partial charge >= 0.3 is 5.97 Å². The van der Waals surface area contributed by atoms with Crippen molar-refractivity contribution >= 4 is 23.5 Å². The van der Waals surface area contributed by atoms with Gasteiger partial charge in [0, 0.05) is 24.5 Å². The molecule has 1 saturated carbocycles. The number of carboxylic acids is 1. The largest absolute Gasteiger partial charge is 0.481 e. The number of halogens is 1. The minimum atomic E-state index is -0.758. The first-order valence-electron chi connectivity index (χ1n) is 8.28. The SMILES string of the molecule is O=C(O)CCC1CCCN(C(=O)C2(c3cccc(Cl)c3)CC2)C1. The molecule has 1 aromatic carbocycles. The van der Waals surface area contributed by atoms with Crippen LogP contribution < -0.4 is 0 Å². The maximum Gasteiger partial charge on any atom is 0.303 e. The van der Waals surface area contributed by atoms with Gasteiger partial charge in [0.25, 0.3) is 0 Å². The first kappa shape index (κ1) is 16.3. The van der Waals surface area contributed by atoms with Gasteiger partial charge in [0.15, 0.2) is 0 Å². The molecule has 3 rings (SSSR count). The van der Waals surface area contributed by atoms with Crippen LogP contribution in [0.15, 0.2) is 24.3 Å². The molecular weight excluding hydrogens is 314 g/mol. The Labute approximate surface area is 141 Å². The van der Waals surface area contributed by atoms with Crippen LogP contribution in [0.1, 0.15) is 44.1 Å². The van der Waals surface area contributed by atoms with E-state index in [-0.39, 0.29) is 17.7 Å². The highest BCUT2D eigenvalue weighted by Crippen LogP contribution is 2.50. The molecule has 1 atom stereocenters. The second-order valence-corrected chi connectivity index (χ2v) is 7.22. The highest BCUT2D eigenvalue weighted by Gasteiger charge is 2.53. The summed E-state index contributed by atoms with van der Waals surface area (Å²) in [5.74, 6) is -0.259. The van der Waals surface area contributed by atoms with Crippen molar-refractivity contribution in [2.45, 2.75) is 43.9 Å². The van der Waals surface area contributed by atoms with Crippen LogP contribution in [0.25, 0.3) is 0 Å². The smallest absolute Gasteiger partial charge is 0.303 e. The van der Waals surface area contributed by atoms with Gasteiger partial charge in [0.2, 0.25) is 5.91 Å². The Balaban J connectivity index is 1.69. The lowest BCUT2D eigenvalue weighted by molar-refractivity contribution is -0.137. The number of amides is 1. The predicted molar refractivity (Wildman–Crippen MR) is 88.5 cm³/mol. The predicted octanol–water partition coefficient (Wildman–Crippen LogP) is 3.48. The molecular formula is C18H22ClNO3. The summed E-state index contributed by atoms with van der Waals surface area (Å²) in [4.78, 5) is 25.7. The first-order valence-corrected chi connectivity index (χ1v) is 8.66. The summed E-state index contributed by atoms with van der Waals surface area (Å²) in [6.07, 6.45) is 4.57. The van der Waals surface area contributed by atoms with Crippen molar-refractivity contribution in [2.24, 2.45) is 5.92 Å². The van der Waals surface area contributed by atoms with Gasteiger partial charge in [0.1, 0.15) is 0 Å². The van der Waals surface area contributed by atoms with E-state index in [0.29, 0.717) is 23.9 Å². The molecule has 124 valence electrons. The number of carbonyl (C=O) groups is 2. The van der Waals surface area contributed by atoms with Gasteiger partial charge in [-0.3, -0.25) is 9.59 Å². The van der Waals surface area contributed by atoms with Crippen LogP contribution in [0, 0.1) is 5.92 Å². The van der Waals surface area contributed by atoms with Crippen LogP contribution in [0.5, 0.6) is 0 Å². The van der Waals surface area contributed by atoms with E-state index in [1.165, 1.54) is 0 Å². The molecule has 0 spiro atoms. The summed E-state index contributed by atoms with van der Waals surface area (Å²) in [5.41, 5.74) is 0.627. The van der Waals surface area contributed by atoms with Crippen molar-refractivity contribution in [3.63, 3.8) is 0 Å². The number of rotatable bonds is 5. The lowest BCUT2D eigenvalue weighted by Gasteiger charge is -2.35. The average Bonchev–Trinajstić information content (AvgIpc) is 3.34. The van der Waals surface area contributed by atoms with E-state index in [1.807, 2.05) is 29.2 Å². The summed E-state index contributed by atoms with van der Waals surface area (Å²) in [6.45, 7) is 1.47. The maximum atomic E-state index is 13.0. The normalized spacial score (nSPS) is 22.7. The average molecular weight is 336 g/mol. The van der Waals surface area contributed by atoms with Gasteiger partial charge in [-0.2, -0.15) is 0 Å². The summed E-state index contributed by atoms with van der Waals surface area (Å²) >= 11 is 6.08. The van der Waals surface area contributed by atoms with Crippen LogP contribution in [-0.4, -0.2) is 35.0 Å². The van der Waals surface area contributed by atoms with Crippen LogP contribution in [0.3, 0.4) is 0 Å². The topological polar surface area (TPSA) is 57.6 Å². The molecule has 1 N–H and O–H groups in total. The number of aliphatic carboxylic acids is 1. The number of likely N-dealkylation sites (tertiary alicyclic amines) is 1. The fourth-order valence-corrected chi connectivity index (χ4v) is 3.84. The van der Waals surface area contributed by atoms with E-state index >= 15 is 0 Å². The second-order valence-electron chi connectivity index (χ2n) is 6.78. The van der Waals surface area contributed by atoms with Crippen molar-refractivity contribution < 1.29 is 14.7 Å². The molecule has 1 aliphatic carbocycles. The summed E-state index contributed by atoms with van der Waals surface area (Å²) < 4.78 is 0. The quantitative estimate of drug-likeness (QED) is 0.896. The van der Waals surface area contributed by atoms with Crippen molar-refractivity contribution in [3.05, 3.63) is 34.9 Å². The fraction of sp³-hybridized carbons (Fsp3) is 0.556. The van der Waals surface area contributed by atoms with Crippen LogP contribution in [-0.2, 0) is 15.0 Å². The Kier molecular flexibility index (Phi) is 4.62. The maximum absolute atomic E-state index is 13.0. The molecule has 4 nitrogen and oxygen atoms in total. The van der Waals surface area contributed by atoms with Crippen molar-refractivity contribution in [3.8, 4) is 0 Å². The van der Waals surface area contributed by atoms with Gasteiger partial charge in [-0.05, 0) is 55.7 Å². The summed E-state index contributed by atoms with van der Waals surface area (Å²) in [7, 11) is 0. The van der Waals surface area contributed by atoms with Gasteiger partial charge < -0.3 is 10.0 Å². The number of benzene rings is 1. The highest BCUT2D eigenvalue weighted by atomic mass is 35.5. The van der Waals surface area contributed by atoms with Gasteiger partial charge in [0.05, 0.1) is 5.41 Å². The Morgan fingerprint density at radius 3 is 2.78 bits per heavy atom. The number of carbonyl (C=O) groups excluding carboxylic acids is 1. The van der Waals surface area contributed by atoms with Crippen molar-refractivity contribution in [1.29, 1.82) is 0 Å². The number of nitrogens with zero attached hydrogens (tertiary/aromatic N) is 1. The van der Waals surface area contributed by atoms with Crippen LogP contribution >= 0.6 is 11.6 Å². The summed E-state index contributed by atoms with van der Waals surface area (Å²) in [5, 5.41) is 9.51. The van der Waals surface area contributed by atoms with E-state index in [9.17, 15) is 9.59 Å². The minimum absolute atomic E-state index is 0.187. The molecule has 1 saturated heterocycles. The third-order valence-corrected chi connectivity index (χ3v) is 5.34. The van der Waals surface area contributed by atoms with E-state index in [4.69, 9.17) is 16.7 Å². The molecule has 0 bridgehead atoms. The van der Waals surface area contributed by atoms with E-state index in [1.54, 1.807) is 0 Å². The molecule has 2 fully saturated rings. The zero-order valence-electron chi connectivity index (χ0n) is 13.1. The third kappa shape index (κ3) is 3.52. The molecule has 0 aromatic heterocycles. The number of hydrogen-bond acceptors (Lipinski definition) is 2. The first-order chi connectivity index (χ1) is 11.0. The van der Waals surface area contributed by atoms with Crippen molar-refractivity contribution in [1.82, 2.24) is 4.90 Å². The Bertz CT molecular complexity index is 612. The van der Waals surface area contributed by atoms with Gasteiger partial charge in [-0.25, -0.2) is 0 Å². The lowest BCUT2D eigenvalue weighted by atomic mass is 9.89. The molecule has 1 aromatic rings. The molecule has 23 heavy (non-hydrogen) atoms. The van der Waals surface area contributed by atoms with Gasteiger partial charge in [-0.1, -0.05) is 23.7 Å². The number of hydrogen-bond donors (Lipinski definition) is 1. The van der Waals surface area contributed by atoms with E-state index in [0.717, 1.165) is 37.8 Å². The molecule has 0 radical (unpaired) electrons. The zero-order valence-corrected chi connectivity index (χ0v) is 13.9. The Morgan fingerprint density at radius 1 is 1.35 bits per heavy atom. The zero-order chi connectivity index (χ0) is 16.4. The molecule has 1 amide bonds. The fourth-order valence-electron chi connectivity index (χ4n) is 3.65. The minimum Gasteiger partial charge on any atom is -0.481 e. The van der Waals surface area contributed by atoms with Crippen molar-refractivity contribution in [2.75, 3.05) is 13.1 Å². The Hall–Kier alpha value is -1.55. The van der Waals surface area contributed by atoms with E-state index < -0.39 is 5.97 Å².